The van der Waals surface area contributed by atoms with Gasteiger partial charge < -0.3 is 0 Å². The second kappa shape index (κ2) is 3.37. The summed E-state index contributed by atoms with van der Waals surface area (Å²) in [6.07, 6.45) is 3.45. The lowest BCUT2D eigenvalue weighted by Gasteiger charge is -1.99. The molecule has 0 saturated carbocycles. The zero-order chi connectivity index (χ0) is 11.0. The van der Waals surface area contributed by atoms with Crippen LogP contribution in [0.4, 0.5) is 0 Å². The summed E-state index contributed by atoms with van der Waals surface area (Å²) in [6, 6.07) is 7.63. The Labute approximate surface area is 91.8 Å². The van der Waals surface area contributed by atoms with E-state index in [-0.39, 0.29) is 0 Å². The van der Waals surface area contributed by atoms with Crippen molar-refractivity contribution in [1.29, 1.82) is 0 Å². The Balaban J connectivity index is 2.29. The molecule has 0 bridgehead atoms. The first kappa shape index (κ1) is 8.96. The Morgan fingerprint density at radius 3 is 2.94 bits per heavy atom. The second-order valence-corrected chi connectivity index (χ2v) is 3.50. The van der Waals surface area contributed by atoms with Crippen molar-refractivity contribution in [3.63, 3.8) is 0 Å². The minimum Gasteiger partial charge on any atom is -0.259 e. The average Bonchev–Trinajstić information content (AvgIpc) is 2.73. The fourth-order valence-electron chi connectivity index (χ4n) is 1.57. The van der Waals surface area contributed by atoms with Crippen LogP contribution in [0.2, 0.25) is 0 Å². The molecule has 78 valence electrons. The lowest BCUT2D eigenvalue weighted by atomic mass is 10.3. The van der Waals surface area contributed by atoms with Gasteiger partial charge in [0.1, 0.15) is 5.52 Å². The summed E-state index contributed by atoms with van der Waals surface area (Å²) in [4.78, 5) is 8.42. The Hall–Kier alpha value is -2.30. The lowest BCUT2D eigenvalue weighted by Crippen LogP contribution is -1.98. The van der Waals surface area contributed by atoms with Gasteiger partial charge in [-0.3, -0.25) is 4.98 Å². The molecule has 5 nitrogen and oxygen atoms in total. The van der Waals surface area contributed by atoms with E-state index in [0.717, 1.165) is 22.5 Å². The van der Waals surface area contributed by atoms with Crippen molar-refractivity contribution in [2.45, 2.75) is 6.92 Å². The summed E-state index contributed by atoms with van der Waals surface area (Å²) >= 11 is 0. The third kappa shape index (κ3) is 1.33. The standard InChI is InChI=1S/C11H9N5/c1-8-6-10-9(7-13-8)14-15-16(10)11-4-2-3-5-12-11/h2-7H,1H3. The molecule has 0 N–H and O–H groups in total. The van der Waals surface area contributed by atoms with Gasteiger partial charge in [0, 0.05) is 11.9 Å². The van der Waals surface area contributed by atoms with Gasteiger partial charge in [-0.05, 0) is 25.1 Å². The molecule has 0 fully saturated rings. The van der Waals surface area contributed by atoms with Crippen LogP contribution in [0.1, 0.15) is 5.69 Å². The van der Waals surface area contributed by atoms with E-state index in [0.29, 0.717) is 0 Å². The van der Waals surface area contributed by atoms with E-state index in [9.17, 15) is 0 Å². The first-order valence-corrected chi connectivity index (χ1v) is 4.94. The topological polar surface area (TPSA) is 56.5 Å². The molecular weight excluding hydrogens is 202 g/mol. The summed E-state index contributed by atoms with van der Waals surface area (Å²) in [7, 11) is 0. The van der Waals surface area contributed by atoms with Gasteiger partial charge in [0.2, 0.25) is 0 Å². The number of hydrogen-bond acceptors (Lipinski definition) is 4. The van der Waals surface area contributed by atoms with Gasteiger partial charge in [0.25, 0.3) is 0 Å². The first-order chi connectivity index (χ1) is 7.84. The van der Waals surface area contributed by atoms with Crippen molar-refractivity contribution >= 4 is 11.0 Å². The molecule has 3 heterocycles. The number of hydrogen-bond donors (Lipinski definition) is 0. The summed E-state index contributed by atoms with van der Waals surface area (Å²) in [5, 5.41) is 8.12. The number of nitrogens with zero attached hydrogens (tertiary/aromatic N) is 5. The van der Waals surface area contributed by atoms with Crippen molar-refractivity contribution in [3.8, 4) is 5.82 Å². The molecule has 0 aliphatic rings. The quantitative estimate of drug-likeness (QED) is 0.612. The zero-order valence-corrected chi connectivity index (χ0v) is 8.70. The Bertz CT molecular complexity index is 629. The van der Waals surface area contributed by atoms with E-state index in [1.807, 2.05) is 31.2 Å². The highest BCUT2D eigenvalue weighted by Crippen LogP contribution is 2.14. The van der Waals surface area contributed by atoms with Crippen molar-refractivity contribution in [1.82, 2.24) is 25.0 Å². The molecule has 0 unspecified atom stereocenters. The van der Waals surface area contributed by atoms with Gasteiger partial charge >= 0.3 is 0 Å². The molecule has 16 heavy (non-hydrogen) atoms. The van der Waals surface area contributed by atoms with Gasteiger partial charge in [-0.15, -0.1) is 5.10 Å². The van der Waals surface area contributed by atoms with Gasteiger partial charge in [-0.1, -0.05) is 11.3 Å². The highest BCUT2D eigenvalue weighted by molar-refractivity contribution is 5.75. The monoisotopic (exact) mass is 211 g/mol. The minimum atomic E-state index is 0.760. The molecule has 0 saturated heterocycles. The maximum atomic E-state index is 4.24. The van der Waals surface area contributed by atoms with Crippen molar-refractivity contribution < 1.29 is 0 Å². The minimum absolute atomic E-state index is 0.760. The average molecular weight is 211 g/mol. The molecule has 5 heteroatoms. The molecule has 0 aromatic carbocycles. The van der Waals surface area contributed by atoms with Crippen molar-refractivity contribution in [2.75, 3.05) is 0 Å². The highest BCUT2D eigenvalue weighted by atomic mass is 15.4. The number of pyridine rings is 2. The summed E-state index contributed by atoms with van der Waals surface area (Å²) in [6.45, 7) is 1.94. The van der Waals surface area contributed by atoms with E-state index in [2.05, 4.69) is 20.3 Å². The number of aryl methyl sites for hydroxylation is 1. The van der Waals surface area contributed by atoms with Crippen LogP contribution in [0.25, 0.3) is 16.9 Å². The summed E-state index contributed by atoms with van der Waals surface area (Å²) < 4.78 is 1.71. The molecule has 3 aromatic rings. The van der Waals surface area contributed by atoms with E-state index in [1.165, 1.54) is 0 Å². The molecular formula is C11H9N5. The molecule has 0 aliphatic carbocycles. The predicted molar refractivity (Wildman–Crippen MR) is 59.2 cm³/mol. The molecule has 0 radical (unpaired) electrons. The fourth-order valence-corrected chi connectivity index (χ4v) is 1.57. The van der Waals surface area contributed by atoms with Crippen LogP contribution >= 0.6 is 0 Å². The fraction of sp³-hybridized carbons (Fsp3) is 0.0909. The van der Waals surface area contributed by atoms with Crippen molar-refractivity contribution in [3.05, 3.63) is 42.4 Å². The van der Waals surface area contributed by atoms with Crippen LogP contribution in [0.5, 0.6) is 0 Å². The van der Waals surface area contributed by atoms with Crippen LogP contribution < -0.4 is 0 Å². The molecule has 0 spiro atoms. The summed E-state index contributed by atoms with van der Waals surface area (Å²) in [5.41, 5.74) is 2.63. The molecule has 0 atom stereocenters. The zero-order valence-electron chi connectivity index (χ0n) is 8.70. The van der Waals surface area contributed by atoms with Crippen LogP contribution in [-0.4, -0.2) is 25.0 Å². The summed E-state index contributed by atoms with van der Waals surface area (Å²) in [5.74, 6) is 0.760. The highest BCUT2D eigenvalue weighted by Gasteiger charge is 2.07. The third-order valence-electron chi connectivity index (χ3n) is 2.33. The van der Waals surface area contributed by atoms with Crippen LogP contribution in [0.3, 0.4) is 0 Å². The predicted octanol–water partition coefficient (Wildman–Crippen LogP) is 1.52. The Morgan fingerprint density at radius 2 is 2.12 bits per heavy atom. The maximum Gasteiger partial charge on any atom is 0.155 e. The van der Waals surface area contributed by atoms with Gasteiger partial charge in [0.05, 0.1) is 11.7 Å². The smallest absolute Gasteiger partial charge is 0.155 e. The number of aromatic nitrogens is 5. The van der Waals surface area contributed by atoms with E-state index in [4.69, 9.17) is 0 Å². The largest absolute Gasteiger partial charge is 0.259 e. The molecule has 3 aromatic heterocycles. The van der Waals surface area contributed by atoms with E-state index >= 15 is 0 Å². The van der Waals surface area contributed by atoms with Gasteiger partial charge in [-0.25, -0.2) is 4.98 Å². The third-order valence-corrected chi connectivity index (χ3v) is 2.33. The SMILES string of the molecule is Cc1cc2c(cn1)nnn2-c1ccccn1. The maximum absolute atomic E-state index is 4.24. The molecule has 0 amide bonds. The Morgan fingerprint density at radius 1 is 1.19 bits per heavy atom. The number of fused-ring (bicyclic) bond motifs is 1. The van der Waals surface area contributed by atoms with E-state index in [1.54, 1.807) is 17.1 Å². The number of rotatable bonds is 1. The van der Waals surface area contributed by atoms with Gasteiger partial charge in [-0.2, -0.15) is 4.68 Å². The van der Waals surface area contributed by atoms with Crippen molar-refractivity contribution in [2.24, 2.45) is 0 Å². The van der Waals surface area contributed by atoms with Crippen LogP contribution in [0, 0.1) is 6.92 Å². The van der Waals surface area contributed by atoms with Crippen LogP contribution in [-0.2, 0) is 0 Å². The second-order valence-electron chi connectivity index (χ2n) is 3.50. The van der Waals surface area contributed by atoms with Crippen LogP contribution in [0.15, 0.2) is 36.7 Å². The lowest BCUT2D eigenvalue weighted by molar-refractivity contribution is 0.801. The van der Waals surface area contributed by atoms with Gasteiger partial charge in [0.15, 0.2) is 5.82 Å². The molecule has 0 aliphatic heterocycles. The molecule has 3 rings (SSSR count). The first-order valence-electron chi connectivity index (χ1n) is 4.94. The Kier molecular flexibility index (Phi) is 1.89. The normalized spacial score (nSPS) is 10.8. The van der Waals surface area contributed by atoms with E-state index < -0.39 is 0 Å².